The minimum Gasteiger partial charge on any atom is -0.398 e. The normalized spacial score (nSPS) is 10.9. The molecule has 20 heavy (non-hydrogen) atoms. The number of anilines is 1. The molecule has 3 N–H and O–H groups in total. The van der Waals surface area contributed by atoms with Gasteiger partial charge in [0.25, 0.3) is 5.56 Å². The highest BCUT2D eigenvalue weighted by atomic mass is 35.5. The first-order chi connectivity index (χ1) is 9.58. The largest absolute Gasteiger partial charge is 0.398 e. The average molecular weight is 285 g/mol. The summed E-state index contributed by atoms with van der Waals surface area (Å²) in [7, 11) is 0. The summed E-state index contributed by atoms with van der Waals surface area (Å²) in [6.07, 6.45) is 1.69. The summed E-state index contributed by atoms with van der Waals surface area (Å²) < 4.78 is 0. The first kappa shape index (κ1) is 12.8. The Morgan fingerprint density at radius 2 is 1.95 bits per heavy atom. The van der Waals surface area contributed by atoms with Crippen LogP contribution in [0.25, 0.3) is 21.9 Å². The number of fused-ring (bicyclic) bond motifs is 1. The van der Waals surface area contributed by atoms with Crippen molar-refractivity contribution >= 4 is 28.1 Å². The number of benzene rings is 2. The molecule has 0 fully saturated rings. The van der Waals surface area contributed by atoms with Gasteiger partial charge < -0.3 is 10.7 Å². The van der Waals surface area contributed by atoms with Crippen molar-refractivity contribution in [1.82, 2.24) is 4.98 Å². The maximum Gasteiger partial charge on any atom is 0.255 e. The van der Waals surface area contributed by atoms with Crippen LogP contribution in [0.15, 0.2) is 47.4 Å². The number of H-pyrrole nitrogens is 1. The molecule has 3 rings (SSSR count). The second-order valence-corrected chi connectivity index (χ2v) is 5.20. The topological polar surface area (TPSA) is 58.9 Å². The van der Waals surface area contributed by atoms with Crippen LogP contribution < -0.4 is 11.3 Å². The molecule has 3 aromatic rings. The molecule has 0 aliphatic rings. The van der Waals surface area contributed by atoms with Gasteiger partial charge in [-0.3, -0.25) is 4.79 Å². The third-order valence-electron chi connectivity index (χ3n) is 3.44. The maximum atomic E-state index is 12.0. The van der Waals surface area contributed by atoms with Gasteiger partial charge in [0, 0.05) is 33.4 Å². The van der Waals surface area contributed by atoms with Crippen LogP contribution in [0.1, 0.15) is 5.56 Å². The highest BCUT2D eigenvalue weighted by molar-refractivity contribution is 6.31. The van der Waals surface area contributed by atoms with Gasteiger partial charge in [0.15, 0.2) is 0 Å². The number of halogens is 1. The van der Waals surface area contributed by atoms with Crippen LogP contribution in [-0.2, 0) is 0 Å². The molecule has 0 saturated carbocycles. The number of pyridine rings is 1. The zero-order chi connectivity index (χ0) is 14.3. The first-order valence-electron chi connectivity index (χ1n) is 6.24. The number of aromatic amines is 1. The van der Waals surface area contributed by atoms with Gasteiger partial charge in [-0.25, -0.2) is 0 Å². The van der Waals surface area contributed by atoms with Crippen molar-refractivity contribution in [3.63, 3.8) is 0 Å². The van der Waals surface area contributed by atoms with E-state index >= 15 is 0 Å². The Bertz CT molecular complexity index is 868. The van der Waals surface area contributed by atoms with Crippen LogP contribution in [0.4, 0.5) is 5.69 Å². The lowest BCUT2D eigenvalue weighted by Gasteiger charge is -2.11. The summed E-state index contributed by atoms with van der Waals surface area (Å²) in [5.41, 5.74) is 9.32. The Kier molecular flexibility index (Phi) is 2.99. The van der Waals surface area contributed by atoms with Crippen molar-refractivity contribution in [1.29, 1.82) is 0 Å². The molecule has 1 aromatic heterocycles. The van der Waals surface area contributed by atoms with Gasteiger partial charge >= 0.3 is 0 Å². The SMILES string of the molecule is Cc1cccc2c(=O)[nH]cc(-c3cc(Cl)ccc3N)c12. The van der Waals surface area contributed by atoms with E-state index in [2.05, 4.69) is 4.98 Å². The quantitative estimate of drug-likeness (QED) is 0.669. The van der Waals surface area contributed by atoms with Crippen LogP contribution in [0.2, 0.25) is 5.02 Å². The predicted octanol–water partition coefficient (Wildman–Crippen LogP) is 3.74. The minimum atomic E-state index is -0.104. The van der Waals surface area contributed by atoms with Crippen molar-refractivity contribution in [2.45, 2.75) is 6.92 Å². The van der Waals surface area contributed by atoms with Crippen molar-refractivity contribution < 1.29 is 0 Å². The Morgan fingerprint density at radius 1 is 1.15 bits per heavy atom. The fourth-order valence-electron chi connectivity index (χ4n) is 2.48. The van der Waals surface area contributed by atoms with E-state index in [0.29, 0.717) is 16.1 Å². The number of hydrogen-bond donors (Lipinski definition) is 2. The van der Waals surface area contributed by atoms with Crippen LogP contribution in [-0.4, -0.2) is 4.98 Å². The monoisotopic (exact) mass is 284 g/mol. The lowest BCUT2D eigenvalue weighted by Crippen LogP contribution is -2.07. The number of aromatic nitrogens is 1. The number of nitrogen functional groups attached to an aromatic ring is 1. The van der Waals surface area contributed by atoms with E-state index in [0.717, 1.165) is 22.1 Å². The van der Waals surface area contributed by atoms with Crippen LogP contribution in [0.5, 0.6) is 0 Å². The van der Waals surface area contributed by atoms with Gasteiger partial charge in [0.1, 0.15) is 0 Å². The van der Waals surface area contributed by atoms with Crippen molar-refractivity contribution in [2.24, 2.45) is 0 Å². The number of nitrogens with two attached hydrogens (primary N) is 1. The lowest BCUT2D eigenvalue weighted by atomic mass is 9.96. The number of nitrogens with one attached hydrogen (secondary N) is 1. The summed E-state index contributed by atoms with van der Waals surface area (Å²) in [6, 6.07) is 11.0. The summed E-state index contributed by atoms with van der Waals surface area (Å²) in [5.74, 6) is 0. The molecule has 0 bridgehead atoms. The van der Waals surface area contributed by atoms with Crippen LogP contribution in [0.3, 0.4) is 0 Å². The molecule has 4 heteroatoms. The summed E-state index contributed by atoms with van der Waals surface area (Å²) in [5, 5.41) is 2.18. The molecular formula is C16H13ClN2O. The van der Waals surface area contributed by atoms with Crippen molar-refractivity contribution in [2.75, 3.05) is 5.73 Å². The Morgan fingerprint density at radius 3 is 2.75 bits per heavy atom. The molecule has 0 aliphatic carbocycles. The van der Waals surface area contributed by atoms with E-state index in [1.54, 1.807) is 18.3 Å². The molecule has 1 heterocycles. The highest BCUT2D eigenvalue weighted by Crippen LogP contribution is 2.33. The first-order valence-corrected chi connectivity index (χ1v) is 6.62. The molecule has 0 spiro atoms. The molecule has 100 valence electrons. The van der Waals surface area contributed by atoms with E-state index in [9.17, 15) is 4.79 Å². The molecule has 2 aromatic carbocycles. The second-order valence-electron chi connectivity index (χ2n) is 4.76. The third-order valence-corrected chi connectivity index (χ3v) is 3.67. The molecule has 3 nitrogen and oxygen atoms in total. The fraction of sp³-hybridized carbons (Fsp3) is 0.0625. The van der Waals surface area contributed by atoms with Gasteiger partial charge in [0.05, 0.1) is 0 Å². The highest BCUT2D eigenvalue weighted by Gasteiger charge is 2.11. The second kappa shape index (κ2) is 4.69. The summed E-state index contributed by atoms with van der Waals surface area (Å²) in [4.78, 5) is 14.7. The zero-order valence-corrected chi connectivity index (χ0v) is 11.7. The maximum absolute atomic E-state index is 12.0. The smallest absolute Gasteiger partial charge is 0.255 e. The van der Waals surface area contributed by atoms with Gasteiger partial charge in [-0.05, 0) is 42.1 Å². The van der Waals surface area contributed by atoms with E-state index < -0.39 is 0 Å². The zero-order valence-electron chi connectivity index (χ0n) is 10.9. The van der Waals surface area contributed by atoms with Gasteiger partial charge in [0.2, 0.25) is 0 Å². The molecule has 0 saturated heterocycles. The molecule has 0 radical (unpaired) electrons. The molecule has 0 amide bonds. The Hall–Kier alpha value is -2.26. The van der Waals surface area contributed by atoms with Crippen LogP contribution >= 0.6 is 11.6 Å². The Labute approximate surface area is 121 Å². The average Bonchev–Trinajstić information content (AvgIpc) is 2.43. The lowest BCUT2D eigenvalue weighted by molar-refractivity contribution is 1.27. The fourth-order valence-corrected chi connectivity index (χ4v) is 2.65. The molecular weight excluding hydrogens is 272 g/mol. The van der Waals surface area contributed by atoms with Crippen molar-refractivity contribution in [3.05, 3.63) is 63.5 Å². The Balaban J connectivity index is 2.46. The summed E-state index contributed by atoms with van der Waals surface area (Å²) in [6.45, 7) is 1.98. The molecule has 0 atom stereocenters. The standard InChI is InChI=1S/C16H13ClN2O/c1-9-3-2-4-11-15(9)13(8-19-16(11)20)12-7-10(17)5-6-14(12)18/h2-8H,18H2,1H3,(H,19,20). The molecule has 0 aliphatic heterocycles. The third kappa shape index (κ3) is 1.96. The summed E-state index contributed by atoms with van der Waals surface area (Å²) >= 11 is 6.06. The van der Waals surface area contributed by atoms with Gasteiger partial charge in [-0.15, -0.1) is 0 Å². The van der Waals surface area contributed by atoms with Gasteiger partial charge in [-0.2, -0.15) is 0 Å². The van der Waals surface area contributed by atoms with E-state index in [1.165, 1.54) is 0 Å². The van der Waals surface area contributed by atoms with Gasteiger partial charge in [-0.1, -0.05) is 23.7 Å². The molecule has 0 unspecified atom stereocenters. The number of hydrogen-bond acceptors (Lipinski definition) is 2. The predicted molar refractivity (Wildman–Crippen MR) is 84.2 cm³/mol. The van der Waals surface area contributed by atoms with E-state index in [-0.39, 0.29) is 5.56 Å². The van der Waals surface area contributed by atoms with Crippen LogP contribution in [0, 0.1) is 6.92 Å². The van der Waals surface area contributed by atoms with E-state index in [4.69, 9.17) is 17.3 Å². The van der Waals surface area contributed by atoms with Crippen molar-refractivity contribution in [3.8, 4) is 11.1 Å². The number of aryl methyl sites for hydroxylation is 1. The number of rotatable bonds is 1. The van der Waals surface area contributed by atoms with E-state index in [1.807, 2.05) is 31.2 Å². The minimum absolute atomic E-state index is 0.104.